The molecule has 0 amide bonds. The highest BCUT2D eigenvalue weighted by atomic mass is 35.5. The number of methoxy groups -OCH3 is 1. The summed E-state index contributed by atoms with van der Waals surface area (Å²) in [5.41, 5.74) is 0. The molecule has 0 atom stereocenters. The SMILES string of the molecule is COC(=O)CCN(C)c1ncccc1Cl. The van der Waals surface area contributed by atoms with Gasteiger partial charge in [-0.25, -0.2) is 4.98 Å². The molecular formula is C10H13ClN2O2. The molecule has 0 N–H and O–H groups in total. The molecule has 0 bridgehead atoms. The average molecular weight is 229 g/mol. The van der Waals surface area contributed by atoms with Crippen LogP contribution < -0.4 is 4.90 Å². The largest absolute Gasteiger partial charge is 0.469 e. The molecule has 15 heavy (non-hydrogen) atoms. The minimum atomic E-state index is -0.242. The second-order valence-corrected chi connectivity index (χ2v) is 3.46. The van der Waals surface area contributed by atoms with E-state index in [4.69, 9.17) is 11.6 Å². The second-order valence-electron chi connectivity index (χ2n) is 3.06. The lowest BCUT2D eigenvalue weighted by Crippen LogP contribution is -2.22. The summed E-state index contributed by atoms with van der Waals surface area (Å²) in [7, 11) is 3.20. The summed E-state index contributed by atoms with van der Waals surface area (Å²) < 4.78 is 4.55. The molecule has 0 aliphatic rings. The summed E-state index contributed by atoms with van der Waals surface area (Å²) in [6.45, 7) is 0.531. The third kappa shape index (κ3) is 3.40. The first-order chi connectivity index (χ1) is 7.15. The average Bonchev–Trinajstić information content (AvgIpc) is 2.26. The van der Waals surface area contributed by atoms with Crippen molar-refractivity contribution in [2.24, 2.45) is 0 Å². The van der Waals surface area contributed by atoms with Crippen LogP contribution in [0.4, 0.5) is 5.82 Å². The van der Waals surface area contributed by atoms with Gasteiger partial charge in [0.2, 0.25) is 0 Å². The van der Waals surface area contributed by atoms with Gasteiger partial charge in [-0.3, -0.25) is 4.79 Å². The van der Waals surface area contributed by atoms with Gasteiger partial charge in [-0.15, -0.1) is 0 Å². The van der Waals surface area contributed by atoms with E-state index in [1.807, 2.05) is 11.9 Å². The van der Waals surface area contributed by atoms with E-state index in [1.165, 1.54) is 7.11 Å². The molecule has 0 aromatic carbocycles. The van der Waals surface area contributed by atoms with Crippen LogP contribution in [0.1, 0.15) is 6.42 Å². The van der Waals surface area contributed by atoms with Crippen LogP contribution in [0.15, 0.2) is 18.3 Å². The van der Waals surface area contributed by atoms with Crippen LogP contribution >= 0.6 is 11.6 Å². The number of hydrogen-bond acceptors (Lipinski definition) is 4. The molecule has 1 aromatic rings. The number of aromatic nitrogens is 1. The number of carbonyl (C=O) groups excluding carboxylic acids is 1. The molecular weight excluding hydrogens is 216 g/mol. The Morgan fingerprint density at radius 3 is 3.00 bits per heavy atom. The van der Waals surface area contributed by atoms with Crippen LogP contribution in [0, 0.1) is 0 Å². The number of rotatable bonds is 4. The highest BCUT2D eigenvalue weighted by Gasteiger charge is 2.08. The zero-order chi connectivity index (χ0) is 11.3. The number of esters is 1. The molecule has 0 saturated heterocycles. The maximum absolute atomic E-state index is 10.9. The standard InChI is InChI=1S/C10H13ClN2O2/c1-13(7-5-9(14)15-2)10-8(11)4-3-6-12-10/h3-4,6H,5,7H2,1-2H3. The van der Waals surface area contributed by atoms with Gasteiger partial charge in [0.25, 0.3) is 0 Å². The Bertz CT molecular complexity index is 344. The Kier molecular flexibility index (Phi) is 4.37. The molecule has 0 unspecified atom stereocenters. The first kappa shape index (κ1) is 11.8. The van der Waals surface area contributed by atoms with E-state index in [0.29, 0.717) is 23.8 Å². The summed E-state index contributed by atoms with van der Waals surface area (Å²) in [6, 6.07) is 3.53. The number of halogens is 1. The van der Waals surface area contributed by atoms with E-state index in [-0.39, 0.29) is 5.97 Å². The summed E-state index contributed by atoms with van der Waals surface area (Å²) in [5, 5.41) is 0.574. The van der Waals surface area contributed by atoms with E-state index in [1.54, 1.807) is 18.3 Å². The van der Waals surface area contributed by atoms with Gasteiger partial charge in [0.1, 0.15) is 5.82 Å². The predicted molar refractivity (Wildman–Crippen MR) is 59.2 cm³/mol. The zero-order valence-corrected chi connectivity index (χ0v) is 9.49. The van der Waals surface area contributed by atoms with Crippen LogP contribution in [-0.2, 0) is 9.53 Å². The third-order valence-electron chi connectivity index (χ3n) is 1.98. The van der Waals surface area contributed by atoms with Crippen molar-refractivity contribution in [2.75, 3.05) is 25.6 Å². The summed E-state index contributed by atoms with van der Waals surface area (Å²) >= 11 is 5.95. The van der Waals surface area contributed by atoms with Crippen LogP contribution in [0.3, 0.4) is 0 Å². The topological polar surface area (TPSA) is 42.4 Å². The molecule has 5 heteroatoms. The van der Waals surface area contributed by atoms with Crippen molar-refractivity contribution in [3.63, 3.8) is 0 Å². The lowest BCUT2D eigenvalue weighted by molar-refractivity contribution is -0.140. The number of carbonyl (C=O) groups is 1. The van der Waals surface area contributed by atoms with Crippen molar-refractivity contribution in [1.82, 2.24) is 4.98 Å². The Morgan fingerprint density at radius 1 is 1.67 bits per heavy atom. The Morgan fingerprint density at radius 2 is 2.40 bits per heavy atom. The van der Waals surface area contributed by atoms with Crippen LogP contribution in [0.25, 0.3) is 0 Å². The molecule has 0 aliphatic carbocycles. The number of nitrogens with zero attached hydrogens (tertiary/aromatic N) is 2. The molecule has 1 aromatic heterocycles. The Balaban J connectivity index is 2.57. The zero-order valence-electron chi connectivity index (χ0n) is 8.74. The number of ether oxygens (including phenoxy) is 1. The normalized spacial score (nSPS) is 9.80. The second kappa shape index (κ2) is 5.56. The van der Waals surface area contributed by atoms with Crippen molar-refractivity contribution in [2.45, 2.75) is 6.42 Å². The van der Waals surface area contributed by atoms with Crippen LogP contribution in [-0.4, -0.2) is 31.7 Å². The smallest absolute Gasteiger partial charge is 0.307 e. The van der Waals surface area contributed by atoms with Gasteiger partial charge in [-0.05, 0) is 12.1 Å². The molecule has 4 nitrogen and oxygen atoms in total. The molecule has 0 spiro atoms. The van der Waals surface area contributed by atoms with Crippen molar-refractivity contribution in [1.29, 1.82) is 0 Å². The van der Waals surface area contributed by atoms with Crippen molar-refractivity contribution in [3.05, 3.63) is 23.4 Å². The Hall–Kier alpha value is -1.29. The first-order valence-corrected chi connectivity index (χ1v) is 4.91. The lowest BCUT2D eigenvalue weighted by atomic mass is 10.3. The first-order valence-electron chi connectivity index (χ1n) is 4.53. The maximum atomic E-state index is 10.9. The molecule has 82 valence electrons. The van der Waals surface area contributed by atoms with Gasteiger partial charge in [0.15, 0.2) is 0 Å². The fourth-order valence-electron chi connectivity index (χ4n) is 1.13. The molecule has 0 aliphatic heterocycles. The fraction of sp³-hybridized carbons (Fsp3) is 0.400. The number of anilines is 1. The van der Waals surface area contributed by atoms with Gasteiger partial charge in [-0.1, -0.05) is 11.6 Å². The van der Waals surface area contributed by atoms with E-state index in [9.17, 15) is 4.79 Å². The number of hydrogen-bond donors (Lipinski definition) is 0. The summed E-state index contributed by atoms with van der Waals surface area (Å²) in [4.78, 5) is 16.9. The van der Waals surface area contributed by atoms with Crippen LogP contribution in [0.2, 0.25) is 5.02 Å². The molecule has 1 heterocycles. The van der Waals surface area contributed by atoms with E-state index in [2.05, 4.69) is 9.72 Å². The highest BCUT2D eigenvalue weighted by molar-refractivity contribution is 6.32. The monoisotopic (exact) mass is 228 g/mol. The van der Waals surface area contributed by atoms with E-state index >= 15 is 0 Å². The summed E-state index contributed by atoms with van der Waals surface area (Å²) in [5.74, 6) is 0.428. The summed E-state index contributed by atoms with van der Waals surface area (Å²) in [6.07, 6.45) is 1.98. The third-order valence-corrected chi connectivity index (χ3v) is 2.27. The Labute approximate surface area is 93.8 Å². The lowest BCUT2D eigenvalue weighted by Gasteiger charge is -2.18. The quantitative estimate of drug-likeness (QED) is 0.737. The van der Waals surface area contributed by atoms with E-state index in [0.717, 1.165) is 0 Å². The minimum absolute atomic E-state index is 0.242. The van der Waals surface area contributed by atoms with Crippen molar-refractivity contribution >= 4 is 23.4 Å². The van der Waals surface area contributed by atoms with Gasteiger partial charge in [0, 0.05) is 19.8 Å². The van der Waals surface area contributed by atoms with Gasteiger partial charge in [0.05, 0.1) is 18.6 Å². The van der Waals surface area contributed by atoms with E-state index < -0.39 is 0 Å². The number of pyridine rings is 1. The van der Waals surface area contributed by atoms with Gasteiger partial charge in [-0.2, -0.15) is 0 Å². The van der Waals surface area contributed by atoms with Crippen molar-refractivity contribution < 1.29 is 9.53 Å². The molecule has 0 saturated carbocycles. The molecule has 0 radical (unpaired) electrons. The molecule has 0 fully saturated rings. The van der Waals surface area contributed by atoms with Crippen molar-refractivity contribution in [3.8, 4) is 0 Å². The maximum Gasteiger partial charge on any atom is 0.307 e. The molecule has 1 rings (SSSR count). The fourth-order valence-corrected chi connectivity index (χ4v) is 1.39. The van der Waals surface area contributed by atoms with Gasteiger partial charge < -0.3 is 9.64 Å². The minimum Gasteiger partial charge on any atom is -0.469 e. The predicted octanol–water partition coefficient (Wildman–Crippen LogP) is 1.73. The van der Waals surface area contributed by atoms with Gasteiger partial charge >= 0.3 is 5.97 Å². The van der Waals surface area contributed by atoms with Crippen LogP contribution in [0.5, 0.6) is 0 Å². The highest BCUT2D eigenvalue weighted by Crippen LogP contribution is 2.20.